The van der Waals surface area contributed by atoms with Gasteiger partial charge in [0.25, 0.3) is 0 Å². The first-order chi connectivity index (χ1) is 8.82. The highest BCUT2D eigenvalue weighted by Crippen LogP contribution is 2.34. The zero-order valence-corrected chi connectivity index (χ0v) is 11.7. The first kappa shape index (κ1) is 15.2. The summed E-state index contributed by atoms with van der Waals surface area (Å²) in [5.41, 5.74) is 1.80. The van der Waals surface area contributed by atoms with Crippen LogP contribution < -0.4 is 9.84 Å². The van der Waals surface area contributed by atoms with Crippen molar-refractivity contribution >= 4 is 11.9 Å². The predicted molar refractivity (Wildman–Crippen MR) is 69.9 cm³/mol. The van der Waals surface area contributed by atoms with E-state index in [1.807, 2.05) is 45.9 Å². The van der Waals surface area contributed by atoms with Crippen LogP contribution in [-0.2, 0) is 9.59 Å². The number of benzene rings is 1. The molecule has 0 unspecified atom stereocenters. The third kappa shape index (κ3) is 4.09. The summed E-state index contributed by atoms with van der Waals surface area (Å²) in [5, 5.41) is 10.4. The highest BCUT2D eigenvalue weighted by Gasteiger charge is 2.17. The number of ether oxygens (including phenoxy) is 1. The van der Waals surface area contributed by atoms with E-state index in [1.54, 1.807) is 0 Å². The quantitative estimate of drug-likeness (QED) is 0.463. The molecule has 0 bridgehead atoms. The van der Waals surface area contributed by atoms with Gasteiger partial charge in [-0.2, -0.15) is 0 Å². The van der Waals surface area contributed by atoms with Gasteiger partial charge in [-0.3, -0.25) is 4.79 Å². The van der Waals surface area contributed by atoms with Gasteiger partial charge in [0.1, 0.15) is 5.75 Å². The van der Waals surface area contributed by atoms with E-state index in [0.29, 0.717) is 5.75 Å². The summed E-state index contributed by atoms with van der Waals surface area (Å²) in [4.78, 5) is 22.0. The fourth-order valence-corrected chi connectivity index (χ4v) is 1.87. The molecule has 104 valence electrons. The Labute approximate surface area is 113 Å². The molecule has 0 aliphatic rings. The van der Waals surface area contributed by atoms with E-state index in [0.717, 1.165) is 11.1 Å². The number of carboxylic acids is 1. The number of hydrogen-bond acceptors (Lipinski definition) is 4. The number of aliphatic carboxylic acids is 1. The van der Waals surface area contributed by atoms with Crippen molar-refractivity contribution in [1.29, 1.82) is 0 Å². The summed E-state index contributed by atoms with van der Waals surface area (Å²) in [6.07, 6.45) is -0.732. The zero-order chi connectivity index (χ0) is 14.6. The van der Waals surface area contributed by atoms with Gasteiger partial charge in [0.05, 0.1) is 12.4 Å². The minimum atomic E-state index is -1.43. The molecule has 0 aliphatic carbocycles. The van der Waals surface area contributed by atoms with Gasteiger partial charge in [0.15, 0.2) is 0 Å². The molecule has 1 aromatic carbocycles. The maximum Gasteiger partial charge on any atom is 0.316 e. The summed E-state index contributed by atoms with van der Waals surface area (Å²) in [6, 6.07) is 5.69. The molecule has 0 aliphatic heterocycles. The van der Waals surface area contributed by atoms with Gasteiger partial charge in [-0.1, -0.05) is 45.9 Å². The van der Waals surface area contributed by atoms with Crippen LogP contribution in [-0.4, -0.2) is 11.9 Å². The lowest BCUT2D eigenvalue weighted by Crippen LogP contribution is -2.27. The number of esters is 1. The number of hydrogen-bond donors (Lipinski definition) is 0. The van der Waals surface area contributed by atoms with Crippen LogP contribution in [0.25, 0.3) is 0 Å². The van der Waals surface area contributed by atoms with Gasteiger partial charge in [-0.25, -0.2) is 0 Å². The Hall–Kier alpha value is -1.84. The first-order valence-electron chi connectivity index (χ1n) is 6.36. The molecule has 4 nitrogen and oxygen atoms in total. The standard InChI is InChI=1S/C15H20O4/c1-9(2)11-6-5-7-12(10(3)4)15(11)19-14(18)8-13(16)17/h5-7,9-10H,8H2,1-4H3,(H,16,17)/p-1. The van der Waals surface area contributed by atoms with Gasteiger partial charge < -0.3 is 14.6 Å². The molecule has 0 fully saturated rings. The normalized spacial score (nSPS) is 10.8. The summed E-state index contributed by atoms with van der Waals surface area (Å²) in [6.45, 7) is 7.98. The summed E-state index contributed by atoms with van der Waals surface area (Å²) in [5.74, 6) is -1.37. The van der Waals surface area contributed by atoms with Crippen molar-refractivity contribution in [1.82, 2.24) is 0 Å². The smallest absolute Gasteiger partial charge is 0.316 e. The Morgan fingerprint density at radius 3 is 1.95 bits per heavy atom. The van der Waals surface area contributed by atoms with Crippen molar-refractivity contribution in [2.45, 2.75) is 46.0 Å². The first-order valence-corrected chi connectivity index (χ1v) is 6.36. The molecule has 0 atom stereocenters. The van der Waals surface area contributed by atoms with Crippen LogP contribution in [0.3, 0.4) is 0 Å². The molecule has 4 heteroatoms. The number of para-hydroxylation sites is 1. The zero-order valence-electron chi connectivity index (χ0n) is 11.7. The van der Waals surface area contributed by atoms with E-state index in [1.165, 1.54) is 0 Å². The minimum absolute atomic E-state index is 0.185. The van der Waals surface area contributed by atoms with Crippen LogP contribution in [0.2, 0.25) is 0 Å². The Bertz CT molecular complexity index is 449. The van der Waals surface area contributed by atoms with Crippen LogP contribution in [0.4, 0.5) is 0 Å². The van der Waals surface area contributed by atoms with Crippen LogP contribution in [0.1, 0.15) is 57.1 Å². The van der Waals surface area contributed by atoms with Gasteiger partial charge in [0.2, 0.25) is 0 Å². The number of carbonyl (C=O) groups is 2. The molecule has 1 rings (SSSR count). The molecular weight excluding hydrogens is 244 g/mol. The van der Waals surface area contributed by atoms with Crippen molar-refractivity contribution in [2.24, 2.45) is 0 Å². The average Bonchev–Trinajstić information content (AvgIpc) is 2.27. The largest absolute Gasteiger partial charge is 0.550 e. The van der Waals surface area contributed by atoms with E-state index in [2.05, 4.69) is 0 Å². The Balaban J connectivity index is 3.14. The van der Waals surface area contributed by atoms with Gasteiger partial charge >= 0.3 is 5.97 Å². The van der Waals surface area contributed by atoms with Crippen LogP contribution >= 0.6 is 0 Å². The van der Waals surface area contributed by atoms with Crippen molar-refractivity contribution in [3.8, 4) is 5.75 Å². The molecule has 0 aromatic heterocycles. The highest BCUT2D eigenvalue weighted by molar-refractivity contribution is 5.90. The SMILES string of the molecule is CC(C)c1cccc(C(C)C)c1OC(=O)CC(=O)[O-]. The maximum absolute atomic E-state index is 11.5. The molecule has 0 radical (unpaired) electrons. The van der Waals surface area contributed by atoms with Crippen molar-refractivity contribution in [3.63, 3.8) is 0 Å². The monoisotopic (exact) mass is 263 g/mol. The molecule has 0 amide bonds. The molecule has 19 heavy (non-hydrogen) atoms. The Morgan fingerprint density at radius 2 is 1.58 bits per heavy atom. The molecule has 0 spiro atoms. The lowest BCUT2D eigenvalue weighted by atomic mass is 9.94. The number of carboxylic acid groups (broad SMARTS) is 1. The van der Waals surface area contributed by atoms with Gasteiger partial charge in [0, 0.05) is 0 Å². The number of rotatable bonds is 5. The second kappa shape index (κ2) is 6.36. The van der Waals surface area contributed by atoms with Crippen LogP contribution in [0, 0.1) is 0 Å². The van der Waals surface area contributed by atoms with E-state index in [9.17, 15) is 14.7 Å². The molecule has 0 saturated carbocycles. The van der Waals surface area contributed by atoms with E-state index >= 15 is 0 Å². The summed E-state index contributed by atoms with van der Waals surface area (Å²) in [7, 11) is 0. The third-order valence-electron chi connectivity index (χ3n) is 2.82. The van der Waals surface area contributed by atoms with Crippen LogP contribution in [0.15, 0.2) is 18.2 Å². The topological polar surface area (TPSA) is 66.4 Å². The van der Waals surface area contributed by atoms with E-state index < -0.39 is 18.4 Å². The Morgan fingerprint density at radius 1 is 1.11 bits per heavy atom. The number of carbonyl (C=O) groups excluding carboxylic acids is 2. The fourth-order valence-electron chi connectivity index (χ4n) is 1.87. The lowest BCUT2D eigenvalue weighted by Gasteiger charge is -2.18. The highest BCUT2D eigenvalue weighted by atomic mass is 16.5. The third-order valence-corrected chi connectivity index (χ3v) is 2.82. The molecule has 1 aromatic rings. The molecule has 0 N–H and O–H groups in total. The van der Waals surface area contributed by atoms with Crippen molar-refractivity contribution < 1.29 is 19.4 Å². The van der Waals surface area contributed by atoms with E-state index in [4.69, 9.17) is 4.74 Å². The van der Waals surface area contributed by atoms with Crippen molar-refractivity contribution in [2.75, 3.05) is 0 Å². The maximum atomic E-state index is 11.5. The minimum Gasteiger partial charge on any atom is -0.550 e. The fraction of sp³-hybridized carbons (Fsp3) is 0.467. The lowest BCUT2D eigenvalue weighted by molar-refractivity contribution is -0.304. The molecule has 0 heterocycles. The molecule has 0 saturated heterocycles. The average molecular weight is 263 g/mol. The summed E-state index contributed by atoms with van der Waals surface area (Å²) >= 11 is 0. The second-order valence-electron chi connectivity index (χ2n) is 5.10. The second-order valence-corrected chi connectivity index (χ2v) is 5.10. The van der Waals surface area contributed by atoms with Gasteiger partial charge in [-0.05, 0) is 23.0 Å². The predicted octanol–water partition coefficient (Wildman–Crippen LogP) is 1.98. The van der Waals surface area contributed by atoms with E-state index in [-0.39, 0.29) is 11.8 Å². The Kier molecular flexibility index (Phi) is 5.10. The van der Waals surface area contributed by atoms with Gasteiger partial charge in [-0.15, -0.1) is 0 Å². The summed E-state index contributed by atoms with van der Waals surface area (Å²) < 4.78 is 5.25. The van der Waals surface area contributed by atoms with Crippen LogP contribution in [0.5, 0.6) is 5.75 Å². The van der Waals surface area contributed by atoms with Crippen molar-refractivity contribution in [3.05, 3.63) is 29.3 Å². The molecular formula is C15H19O4-.